The molecule has 0 spiro atoms. The second kappa shape index (κ2) is 5.67. The lowest BCUT2D eigenvalue weighted by Crippen LogP contribution is -2.10. The zero-order valence-electron chi connectivity index (χ0n) is 10.2. The number of carbonyl (C=O) groups excluding carboxylic acids is 1. The first-order valence-electron chi connectivity index (χ1n) is 5.55. The maximum Gasteiger partial charge on any atom is 0.210 e. The molecule has 4 heteroatoms. The summed E-state index contributed by atoms with van der Waals surface area (Å²) in [5.74, 6) is 0.742. The van der Waals surface area contributed by atoms with Crippen LogP contribution < -0.4 is 4.74 Å². The van der Waals surface area contributed by atoms with Crippen molar-refractivity contribution >= 4 is 33.0 Å². The summed E-state index contributed by atoms with van der Waals surface area (Å²) in [6.45, 7) is 4.16. The van der Waals surface area contributed by atoms with Crippen molar-refractivity contribution in [3.8, 4) is 5.75 Å². The van der Waals surface area contributed by atoms with E-state index >= 15 is 0 Å². The third-order valence-corrected chi connectivity index (χ3v) is 4.36. The van der Waals surface area contributed by atoms with Gasteiger partial charge in [0.1, 0.15) is 5.75 Å². The molecule has 1 aromatic heterocycles. The number of hydrogen-bond acceptors (Lipinski definition) is 3. The summed E-state index contributed by atoms with van der Waals surface area (Å²) in [6, 6.07) is 9.51. The van der Waals surface area contributed by atoms with Crippen LogP contribution in [0.25, 0.3) is 0 Å². The first-order valence-corrected chi connectivity index (χ1v) is 7.16. The minimum atomic E-state index is 0.00364. The van der Waals surface area contributed by atoms with Crippen LogP contribution in [0, 0.1) is 13.8 Å². The molecule has 0 atom stereocenters. The van der Waals surface area contributed by atoms with Gasteiger partial charge in [0.25, 0.3) is 0 Å². The van der Waals surface area contributed by atoms with Gasteiger partial charge in [-0.1, -0.05) is 6.07 Å². The Kier molecular flexibility index (Phi) is 4.19. The number of halogens is 1. The average Bonchev–Trinajstić information content (AvgIpc) is 2.77. The standard InChI is InChI=1S/C14H13BrO2S/c1-9-3-4-11(7-10(9)2)17-8-12(16)13-5-6-14(15)18-13/h3-7H,8H2,1-2H3. The molecule has 1 aromatic carbocycles. The van der Waals surface area contributed by atoms with Crippen molar-refractivity contribution in [3.63, 3.8) is 0 Å². The van der Waals surface area contributed by atoms with E-state index in [1.807, 2.05) is 38.1 Å². The first kappa shape index (κ1) is 13.3. The Balaban J connectivity index is 1.99. The predicted molar refractivity (Wildman–Crippen MR) is 77.8 cm³/mol. The summed E-state index contributed by atoms with van der Waals surface area (Å²) in [4.78, 5) is 12.6. The van der Waals surface area contributed by atoms with Crippen LogP contribution >= 0.6 is 27.3 Å². The maximum atomic E-state index is 11.8. The molecule has 2 rings (SSSR count). The van der Waals surface area contributed by atoms with Crippen molar-refractivity contribution < 1.29 is 9.53 Å². The Morgan fingerprint density at radius 2 is 2.00 bits per heavy atom. The van der Waals surface area contributed by atoms with E-state index in [1.165, 1.54) is 22.5 Å². The SMILES string of the molecule is Cc1ccc(OCC(=O)c2ccc(Br)s2)cc1C. The van der Waals surface area contributed by atoms with Crippen molar-refractivity contribution in [2.24, 2.45) is 0 Å². The van der Waals surface area contributed by atoms with Gasteiger partial charge in [0, 0.05) is 0 Å². The van der Waals surface area contributed by atoms with Gasteiger partial charge in [-0.3, -0.25) is 4.79 Å². The number of ether oxygens (including phenoxy) is 1. The predicted octanol–water partition coefficient (Wildman–Crippen LogP) is 4.39. The maximum absolute atomic E-state index is 11.8. The van der Waals surface area contributed by atoms with Gasteiger partial charge >= 0.3 is 0 Å². The van der Waals surface area contributed by atoms with E-state index < -0.39 is 0 Å². The van der Waals surface area contributed by atoms with E-state index in [1.54, 1.807) is 6.07 Å². The number of benzene rings is 1. The van der Waals surface area contributed by atoms with Gasteiger partial charge in [-0.25, -0.2) is 0 Å². The molecule has 0 saturated heterocycles. The molecule has 0 aliphatic carbocycles. The molecule has 0 fully saturated rings. The molecule has 0 saturated carbocycles. The monoisotopic (exact) mass is 324 g/mol. The smallest absolute Gasteiger partial charge is 0.210 e. The number of rotatable bonds is 4. The van der Waals surface area contributed by atoms with Crippen LogP contribution in [0.15, 0.2) is 34.1 Å². The van der Waals surface area contributed by atoms with Crippen molar-refractivity contribution in [1.29, 1.82) is 0 Å². The molecule has 0 radical (unpaired) electrons. The summed E-state index contributed by atoms with van der Waals surface area (Å²) in [7, 11) is 0. The second-order valence-electron chi connectivity index (χ2n) is 4.06. The Labute approximate surface area is 119 Å². The minimum absolute atomic E-state index is 0.00364. The highest BCUT2D eigenvalue weighted by Crippen LogP contribution is 2.23. The molecule has 0 bridgehead atoms. The number of thiophene rings is 1. The lowest BCUT2D eigenvalue weighted by Gasteiger charge is -2.07. The van der Waals surface area contributed by atoms with E-state index in [9.17, 15) is 4.79 Å². The number of aryl methyl sites for hydroxylation is 2. The Morgan fingerprint density at radius 1 is 1.22 bits per heavy atom. The third-order valence-electron chi connectivity index (χ3n) is 2.70. The molecule has 1 heterocycles. The van der Waals surface area contributed by atoms with Crippen molar-refractivity contribution in [3.05, 3.63) is 50.1 Å². The van der Waals surface area contributed by atoms with Gasteiger partial charge in [0.15, 0.2) is 6.61 Å². The molecule has 0 unspecified atom stereocenters. The van der Waals surface area contributed by atoms with Gasteiger partial charge in [0.2, 0.25) is 5.78 Å². The van der Waals surface area contributed by atoms with Gasteiger partial charge in [-0.05, 0) is 65.2 Å². The average molecular weight is 325 g/mol. The van der Waals surface area contributed by atoms with Crippen LogP contribution in [0.5, 0.6) is 5.75 Å². The van der Waals surface area contributed by atoms with Crippen LogP contribution in [0.3, 0.4) is 0 Å². The highest BCUT2D eigenvalue weighted by atomic mass is 79.9. The third kappa shape index (κ3) is 3.21. The molecule has 94 valence electrons. The van der Waals surface area contributed by atoms with E-state index in [-0.39, 0.29) is 12.4 Å². The quantitative estimate of drug-likeness (QED) is 0.780. The first-order chi connectivity index (χ1) is 8.56. The fraction of sp³-hybridized carbons (Fsp3) is 0.214. The molecule has 2 nitrogen and oxygen atoms in total. The minimum Gasteiger partial charge on any atom is -0.485 e. The molecular formula is C14H13BrO2S. The molecule has 0 aliphatic heterocycles. The lowest BCUT2D eigenvalue weighted by molar-refractivity contribution is 0.0925. The Bertz CT molecular complexity index is 575. The highest BCUT2D eigenvalue weighted by Gasteiger charge is 2.09. The number of hydrogen-bond donors (Lipinski definition) is 0. The fourth-order valence-electron chi connectivity index (χ4n) is 1.49. The zero-order chi connectivity index (χ0) is 13.1. The molecular weight excluding hydrogens is 312 g/mol. The Morgan fingerprint density at radius 3 is 2.61 bits per heavy atom. The van der Waals surface area contributed by atoms with Crippen LogP contribution in [-0.4, -0.2) is 12.4 Å². The number of ketones is 1. The fourth-order valence-corrected chi connectivity index (χ4v) is 2.80. The summed E-state index contributed by atoms with van der Waals surface area (Å²) < 4.78 is 6.46. The molecule has 0 amide bonds. The van der Waals surface area contributed by atoms with E-state index in [0.717, 1.165) is 9.54 Å². The summed E-state index contributed by atoms with van der Waals surface area (Å²) in [5.41, 5.74) is 2.38. The lowest BCUT2D eigenvalue weighted by atomic mass is 10.1. The number of Topliss-reactive ketones (excluding diaryl/α,β-unsaturated/α-hetero) is 1. The van der Waals surface area contributed by atoms with Gasteiger partial charge in [0.05, 0.1) is 8.66 Å². The zero-order valence-corrected chi connectivity index (χ0v) is 12.6. The largest absolute Gasteiger partial charge is 0.485 e. The van der Waals surface area contributed by atoms with Crippen molar-refractivity contribution in [1.82, 2.24) is 0 Å². The van der Waals surface area contributed by atoms with E-state index in [4.69, 9.17) is 4.74 Å². The van der Waals surface area contributed by atoms with Crippen LogP contribution in [0.4, 0.5) is 0 Å². The summed E-state index contributed by atoms with van der Waals surface area (Å²) in [6.07, 6.45) is 0. The second-order valence-corrected chi connectivity index (χ2v) is 6.52. The molecule has 2 aromatic rings. The highest BCUT2D eigenvalue weighted by molar-refractivity contribution is 9.11. The van der Waals surface area contributed by atoms with Gasteiger partial charge in [-0.2, -0.15) is 0 Å². The van der Waals surface area contributed by atoms with Crippen LogP contribution in [0.1, 0.15) is 20.8 Å². The molecule has 0 N–H and O–H groups in total. The van der Waals surface area contributed by atoms with Crippen LogP contribution in [0.2, 0.25) is 0 Å². The Hall–Kier alpha value is -1.13. The van der Waals surface area contributed by atoms with Gasteiger partial charge in [-0.15, -0.1) is 11.3 Å². The van der Waals surface area contributed by atoms with Crippen molar-refractivity contribution in [2.75, 3.05) is 6.61 Å². The van der Waals surface area contributed by atoms with Gasteiger partial charge < -0.3 is 4.74 Å². The molecule has 18 heavy (non-hydrogen) atoms. The summed E-state index contributed by atoms with van der Waals surface area (Å²) in [5, 5.41) is 0. The summed E-state index contributed by atoms with van der Waals surface area (Å²) >= 11 is 4.76. The topological polar surface area (TPSA) is 26.3 Å². The van der Waals surface area contributed by atoms with E-state index in [2.05, 4.69) is 15.9 Å². The van der Waals surface area contributed by atoms with E-state index in [0.29, 0.717) is 4.88 Å². The number of carbonyl (C=O) groups is 1. The van der Waals surface area contributed by atoms with Crippen molar-refractivity contribution in [2.45, 2.75) is 13.8 Å². The van der Waals surface area contributed by atoms with Crippen LogP contribution in [-0.2, 0) is 0 Å². The molecule has 0 aliphatic rings. The normalized spacial score (nSPS) is 10.4.